The zero-order valence-electron chi connectivity index (χ0n) is 13.6. The quantitative estimate of drug-likeness (QED) is 0.786. The Morgan fingerprint density at radius 2 is 2.21 bits per heavy atom. The molecule has 24 heavy (non-hydrogen) atoms. The van der Waals surface area contributed by atoms with E-state index in [-0.39, 0.29) is 11.9 Å². The van der Waals surface area contributed by atoms with Crippen molar-refractivity contribution in [2.24, 2.45) is 5.92 Å². The minimum atomic E-state index is -2.64. The second-order valence-corrected chi connectivity index (χ2v) is 5.99. The number of rotatable bonds is 5. The number of para-hydroxylation sites is 2. The molecule has 130 valence electrons. The van der Waals surface area contributed by atoms with Gasteiger partial charge in [0.2, 0.25) is 0 Å². The highest BCUT2D eigenvalue weighted by Crippen LogP contribution is 2.25. The maximum atomic E-state index is 13.5. The third kappa shape index (κ3) is 3.40. The molecule has 1 aliphatic heterocycles. The van der Waals surface area contributed by atoms with Crippen LogP contribution in [0.25, 0.3) is 11.0 Å². The van der Waals surface area contributed by atoms with Gasteiger partial charge in [0, 0.05) is 6.54 Å². The maximum Gasteiger partial charge on any atom is 0.320 e. The molecule has 0 amide bonds. The predicted octanol–water partition coefficient (Wildman–Crippen LogP) is 3.21. The number of piperidine rings is 1. The van der Waals surface area contributed by atoms with E-state index in [1.165, 1.54) is 0 Å². The molecule has 0 radical (unpaired) electrons. The van der Waals surface area contributed by atoms with Crippen LogP contribution in [0.2, 0.25) is 0 Å². The van der Waals surface area contributed by atoms with Crippen LogP contribution in [-0.2, 0) is 16.1 Å². The van der Waals surface area contributed by atoms with Gasteiger partial charge in [-0.3, -0.25) is 14.3 Å². The Hall–Kier alpha value is -2.02. The van der Waals surface area contributed by atoms with Crippen LogP contribution in [0.4, 0.5) is 8.78 Å². The Kier molecular flexibility index (Phi) is 5.08. The van der Waals surface area contributed by atoms with E-state index in [1.54, 1.807) is 31.2 Å². The zero-order chi connectivity index (χ0) is 17.1. The molecule has 2 aromatic rings. The van der Waals surface area contributed by atoms with E-state index in [0.717, 1.165) is 24.0 Å². The molecule has 1 unspecified atom stereocenters. The first-order chi connectivity index (χ1) is 11.6. The number of benzene rings is 1. The number of alkyl halides is 2. The van der Waals surface area contributed by atoms with Crippen molar-refractivity contribution in [1.82, 2.24) is 14.5 Å². The summed E-state index contributed by atoms with van der Waals surface area (Å²) in [6.45, 7) is 1.08. The molecule has 1 aromatic heterocycles. The van der Waals surface area contributed by atoms with Gasteiger partial charge in [-0.15, -0.1) is 0 Å². The lowest BCUT2D eigenvalue weighted by Crippen LogP contribution is -2.39. The van der Waals surface area contributed by atoms with Crippen molar-refractivity contribution in [3.8, 4) is 0 Å². The predicted molar refractivity (Wildman–Crippen MR) is 85.6 cm³/mol. The van der Waals surface area contributed by atoms with E-state index in [1.807, 2.05) is 4.90 Å². The highest BCUT2D eigenvalue weighted by molar-refractivity contribution is 5.76. The van der Waals surface area contributed by atoms with Gasteiger partial charge in [0.1, 0.15) is 5.82 Å². The van der Waals surface area contributed by atoms with Crippen LogP contribution in [0.1, 0.15) is 32.1 Å². The van der Waals surface area contributed by atoms with Gasteiger partial charge in [0.05, 0.1) is 30.1 Å². The van der Waals surface area contributed by atoms with Crippen molar-refractivity contribution in [3.05, 3.63) is 30.1 Å². The summed E-state index contributed by atoms with van der Waals surface area (Å²) in [5.41, 5.74) is 0.994. The number of esters is 1. The Morgan fingerprint density at radius 3 is 2.96 bits per heavy atom. The van der Waals surface area contributed by atoms with E-state index in [9.17, 15) is 13.6 Å². The minimum Gasteiger partial charge on any atom is -0.466 e. The van der Waals surface area contributed by atoms with Gasteiger partial charge in [-0.1, -0.05) is 12.1 Å². The van der Waals surface area contributed by atoms with Crippen molar-refractivity contribution in [1.29, 1.82) is 0 Å². The van der Waals surface area contributed by atoms with Gasteiger partial charge in [-0.2, -0.15) is 8.78 Å². The van der Waals surface area contributed by atoms with Crippen LogP contribution in [-0.4, -0.2) is 40.1 Å². The highest BCUT2D eigenvalue weighted by atomic mass is 19.3. The number of fused-ring (bicyclic) bond motifs is 1. The molecule has 7 heteroatoms. The fourth-order valence-electron chi connectivity index (χ4n) is 3.28. The third-order valence-corrected chi connectivity index (χ3v) is 4.35. The molecule has 0 N–H and O–H groups in total. The smallest absolute Gasteiger partial charge is 0.320 e. The number of carbonyl (C=O) groups excluding carboxylic acids is 1. The van der Waals surface area contributed by atoms with Gasteiger partial charge < -0.3 is 4.74 Å². The number of imidazole rings is 1. The van der Waals surface area contributed by atoms with Crippen LogP contribution in [0, 0.1) is 5.92 Å². The summed E-state index contributed by atoms with van der Waals surface area (Å²) in [6, 6.07) is 6.89. The Balaban J connectivity index is 1.79. The third-order valence-electron chi connectivity index (χ3n) is 4.35. The molecular weight excluding hydrogens is 316 g/mol. The maximum absolute atomic E-state index is 13.5. The van der Waals surface area contributed by atoms with Crippen LogP contribution in [0.15, 0.2) is 24.3 Å². The molecule has 0 aliphatic carbocycles. The van der Waals surface area contributed by atoms with E-state index in [2.05, 4.69) is 4.98 Å². The lowest BCUT2D eigenvalue weighted by atomic mass is 9.98. The van der Waals surface area contributed by atoms with Crippen LogP contribution in [0.3, 0.4) is 0 Å². The molecule has 1 saturated heterocycles. The number of halogens is 2. The van der Waals surface area contributed by atoms with E-state index >= 15 is 0 Å². The first kappa shape index (κ1) is 16.8. The molecule has 1 fully saturated rings. The van der Waals surface area contributed by atoms with Crippen molar-refractivity contribution >= 4 is 17.0 Å². The monoisotopic (exact) mass is 337 g/mol. The average molecular weight is 337 g/mol. The lowest BCUT2D eigenvalue weighted by molar-refractivity contribution is -0.150. The second-order valence-electron chi connectivity index (χ2n) is 5.99. The van der Waals surface area contributed by atoms with Crippen LogP contribution < -0.4 is 0 Å². The van der Waals surface area contributed by atoms with E-state index in [4.69, 9.17) is 4.74 Å². The first-order valence-electron chi connectivity index (χ1n) is 8.23. The number of carbonyl (C=O) groups is 1. The van der Waals surface area contributed by atoms with Gasteiger partial charge >= 0.3 is 12.5 Å². The average Bonchev–Trinajstić information content (AvgIpc) is 2.93. The van der Waals surface area contributed by atoms with Gasteiger partial charge in [-0.25, -0.2) is 4.98 Å². The van der Waals surface area contributed by atoms with Gasteiger partial charge in [0.15, 0.2) is 0 Å². The number of hydrogen-bond acceptors (Lipinski definition) is 4. The molecular formula is C17H21F2N3O2. The number of aromatic nitrogens is 2. The Labute approximate surface area is 139 Å². The lowest BCUT2D eigenvalue weighted by Gasteiger charge is -2.31. The molecule has 1 aliphatic rings. The fraction of sp³-hybridized carbons (Fsp3) is 0.529. The van der Waals surface area contributed by atoms with Crippen molar-refractivity contribution < 1.29 is 18.3 Å². The molecule has 3 rings (SSSR count). The van der Waals surface area contributed by atoms with Crippen LogP contribution >= 0.6 is 0 Å². The second kappa shape index (κ2) is 7.25. The number of nitrogens with zero attached hydrogens (tertiary/aromatic N) is 3. The summed E-state index contributed by atoms with van der Waals surface area (Å²) in [5.74, 6) is -0.0663. The standard InChI is InChI=1S/C17H21F2N3O2/c1-2-24-16(23)12-6-5-9-21(10-12)11-15-20-13-7-3-4-8-14(13)22(15)17(18)19/h3-4,7-8,12,17H,2,5-6,9-11H2,1H3. The van der Waals surface area contributed by atoms with Crippen molar-refractivity contribution in [3.63, 3.8) is 0 Å². The Bertz CT molecular complexity index is 717. The number of ether oxygens (including phenoxy) is 1. The van der Waals surface area contributed by atoms with Crippen LogP contribution in [0.5, 0.6) is 0 Å². The SMILES string of the molecule is CCOC(=O)C1CCCN(Cc2nc3ccccc3n2C(F)F)C1. The number of likely N-dealkylation sites (tertiary alicyclic amines) is 1. The van der Waals surface area contributed by atoms with Gasteiger partial charge in [0.25, 0.3) is 0 Å². The van der Waals surface area contributed by atoms with Crippen molar-refractivity contribution in [2.75, 3.05) is 19.7 Å². The highest BCUT2D eigenvalue weighted by Gasteiger charge is 2.28. The Morgan fingerprint density at radius 1 is 1.42 bits per heavy atom. The normalized spacial score (nSPS) is 19.1. The minimum absolute atomic E-state index is 0.192. The molecule has 0 spiro atoms. The first-order valence-corrected chi connectivity index (χ1v) is 8.23. The molecule has 0 saturated carbocycles. The van der Waals surface area contributed by atoms with E-state index < -0.39 is 6.55 Å². The molecule has 5 nitrogen and oxygen atoms in total. The molecule has 1 aromatic carbocycles. The summed E-state index contributed by atoms with van der Waals surface area (Å²) < 4.78 is 33.0. The molecule has 2 heterocycles. The summed E-state index contributed by atoms with van der Waals surface area (Å²) in [7, 11) is 0. The summed E-state index contributed by atoms with van der Waals surface area (Å²) in [5, 5.41) is 0. The molecule has 1 atom stereocenters. The van der Waals surface area contributed by atoms with Gasteiger partial charge in [-0.05, 0) is 38.4 Å². The molecule has 0 bridgehead atoms. The summed E-state index contributed by atoms with van der Waals surface area (Å²) in [6.07, 6.45) is 1.62. The fourth-order valence-corrected chi connectivity index (χ4v) is 3.28. The largest absolute Gasteiger partial charge is 0.466 e. The zero-order valence-corrected chi connectivity index (χ0v) is 13.6. The summed E-state index contributed by atoms with van der Waals surface area (Å²) in [4.78, 5) is 18.3. The topological polar surface area (TPSA) is 47.4 Å². The summed E-state index contributed by atoms with van der Waals surface area (Å²) >= 11 is 0. The van der Waals surface area contributed by atoms with E-state index in [0.29, 0.717) is 36.6 Å². The number of hydrogen-bond donors (Lipinski definition) is 0. The van der Waals surface area contributed by atoms with Crippen molar-refractivity contribution in [2.45, 2.75) is 32.9 Å².